The van der Waals surface area contributed by atoms with Crippen LogP contribution >= 0.6 is 0 Å². The molecule has 1 heterocycles. The zero-order chi connectivity index (χ0) is 14.8. The van der Waals surface area contributed by atoms with E-state index < -0.39 is 0 Å². The van der Waals surface area contributed by atoms with Crippen LogP contribution in [0.1, 0.15) is 12.0 Å². The first-order valence-electron chi connectivity index (χ1n) is 7.38. The second kappa shape index (κ2) is 8.93. The molecule has 0 radical (unpaired) electrons. The molecule has 0 spiro atoms. The van der Waals surface area contributed by atoms with E-state index in [1.54, 1.807) is 0 Å². The van der Waals surface area contributed by atoms with Crippen LogP contribution in [-0.4, -0.2) is 19.0 Å². The normalized spacial score (nSPS) is 16.7. The van der Waals surface area contributed by atoms with Crippen molar-refractivity contribution in [2.24, 2.45) is 5.92 Å². The number of hydrogen-bond donors (Lipinski definition) is 2. The Labute approximate surface area is 126 Å². The van der Waals surface area contributed by atoms with Crippen LogP contribution in [0, 0.1) is 5.92 Å². The summed E-state index contributed by atoms with van der Waals surface area (Å²) in [6, 6.07) is 22.0. The third-order valence-electron chi connectivity index (χ3n) is 3.41. The van der Waals surface area contributed by atoms with E-state index >= 15 is 0 Å². The van der Waals surface area contributed by atoms with Crippen molar-refractivity contribution in [2.45, 2.75) is 13.0 Å². The zero-order valence-corrected chi connectivity index (χ0v) is 12.2. The van der Waals surface area contributed by atoms with Gasteiger partial charge in [-0.05, 0) is 18.5 Å². The Morgan fingerprint density at radius 2 is 1.57 bits per heavy atom. The van der Waals surface area contributed by atoms with Crippen molar-refractivity contribution in [1.82, 2.24) is 10.6 Å². The van der Waals surface area contributed by atoms with Crippen molar-refractivity contribution in [1.29, 1.82) is 0 Å². The molecule has 0 aromatic heterocycles. The summed E-state index contributed by atoms with van der Waals surface area (Å²) in [5.41, 5.74) is 1.15. The molecule has 1 aliphatic heterocycles. The first kappa shape index (κ1) is 15.3. The van der Waals surface area contributed by atoms with Gasteiger partial charge in [-0.3, -0.25) is 4.79 Å². The summed E-state index contributed by atoms with van der Waals surface area (Å²) in [7, 11) is 0. The van der Waals surface area contributed by atoms with E-state index in [2.05, 4.69) is 10.6 Å². The molecule has 3 heteroatoms. The third kappa shape index (κ3) is 5.79. The van der Waals surface area contributed by atoms with Gasteiger partial charge in [0.2, 0.25) is 5.91 Å². The van der Waals surface area contributed by atoms with Gasteiger partial charge in [0.25, 0.3) is 0 Å². The molecule has 3 nitrogen and oxygen atoms in total. The topological polar surface area (TPSA) is 41.1 Å². The van der Waals surface area contributed by atoms with Gasteiger partial charge in [-0.25, -0.2) is 0 Å². The second-order valence-corrected chi connectivity index (χ2v) is 5.05. The molecule has 0 aliphatic carbocycles. The SMILES string of the molecule is O=C(NCc1ccccc1)C1CCNC1.c1ccccc1. The van der Waals surface area contributed by atoms with Crippen LogP contribution < -0.4 is 10.6 Å². The summed E-state index contributed by atoms with van der Waals surface area (Å²) in [6.07, 6.45) is 0.959. The number of amides is 1. The molecule has 2 N–H and O–H groups in total. The van der Waals surface area contributed by atoms with E-state index in [4.69, 9.17) is 0 Å². The molecule has 3 rings (SSSR count). The average molecular weight is 282 g/mol. The quantitative estimate of drug-likeness (QED) is 0.908. The van der Waals surface area contributed by atoms with Crippen LogP contribution in [0.15, 0.2) is 66.7 Å². The second-order valence-electron chi connectivity index (χ2n) is 5.05. The molecule has 21 heavy (non-hydrogen) atoms. The lowest BCUT2D eigenvalue weighted by atomic mass is 10.1. The number of benzene rings is 2. The molecule has 2 aromatic rings. The van der Waals surface area contributed by atoms with Gasteiger partial charge < -0.3 is 10.6 Å². The molecule has 1 amide bonds. The van der Waals surface area contributed by atoms with Crippen LogP contribution in [0.4, 0.5) is 0 Å². The van der Waals surface area contributed by atoms with Gasteiger partial charge in [-0.15, -0.1) is 0 Å². The largest absolute Gasteiger partial charge is 0.352 e. The highest BCUT2D eigenvalue weighted by molar-refractivity contribution is 5.79. The summed E-state index contributed by atoms with van der Waals surface area (Å²) in [4.78, 5) is 11.7. The monoisotopic (exact) mass is 282 g/mol. The Kier molecular flexibility index (Phi) is 6.49. The maximum atomic E-state index is 11.7. The highest BCUT2D eigenvalue weighted by atomic mass is 16.1. The number of carbonyl (C=O) groups is 1. The van der Waals surface area contributed by atoms with E-state index in [-0.39, 0.29) is 11.8 Å². The van der Waals surface area contributed by atoms with Crippen molar-refractivity contribution >= 4 is 5.91 Å². The van der Waals surface area contributed by atoms with E-state index in [9.17, 15) is 4.79 Å². The smallest absolute Gasteiger partial charge is 0.224 e. The number of rotatable bonds is 3. The van der Waals surface area contributed by atoms with Gasteiger partial charge in [-0.2, -0.15) is 0 Å². The fourth-order valence-corrected chi connectivity index (χ4v) is 2.19. The van der Waals surface area contributed by atoms with E-state index in [0.717, 1.165) is 25.1 Å². The van der Waals surface area contributed by atoms with E-state index in [1.807, 2.05) is 66.7 Å². The predicted octanol–water partition coefficient (Wildman–Crippen LogP) is 2.60. The van der Waals surface area contributed by atoms with Gasteiger partial charge in [0, 0.05) is 13.1 Å². The van der Waals surface area contributed by atoms with Crippen molar-refractivity contribution in [3.05, 3.63) is 72.3 Å². The molecule has 0 saturated carbocycles. The molecular formula is C18H22N2O. The van der Waals surface area contributed by atoms with Gasteiger partial charge >= 0.3 is 0 Å². The average Bonchev–Trinajstić information content (AvgIpc) is 3.10. The Balaban J connectivity index is 0.000000225. The molecule has 2 aromatic carbocycles. The van der Waals surface area contributed by atoms with E-state index in [0.29, 0.717) is 6.54 Å². The fourth-order valence-electron chi connectivity index (χ4n) is 2.19. The van der Waals surface area contributed by atoms with Gasteiger partial charge in [-0.1, -0.05) is 66.7 Å². The molecule has 1 fully saturated rings. The Morgan fingerprint density at radius 1 is 1.00 bits per heavy atom. The molecule has 0 bridgehead atoms. The number of hydrogen-bond acceptors (Lipinski definition) is 2. The Hall–Kier alpha value is -2.13. The van der Waals surface area contributed by atoms with Crippen LogP contribution in [0.2, 0.25) is 0 Å². The summed E-state index contributed by atoms with van der Waals surface area (Å²) in [6.45, 7) is 2.42. The Bertz CT molecular complexity index is 481. The Morgan fingerprint density at radius 3 is 2.10 bits per heavy atom. The highest BCUT2D eigenvalue weighted by Crippen LogP contribution is 2.07. The molecule has 1 atom stereocenters. The van der Waals surface area contributed by atoms with Crippen LogP contribution in [-0.2, 0) is 11.3 Å². The minimum Gasteiger partial charge on any atom is -0.352 e. The zero-order valence-electron chi connectivity index (χ0n) is 12.2. The van der Waals surface area contributed by atoms with Crippen LogP contribution in [0.5, 0.6) is 0 Å². The standard InChI is InChI=1S/C12H16N2O.C6H6/c15-12(11-6-7-13-9-11)14-8-10-4-2-1-3-5-10;1-2-4-6-5-3-1/h1-5,11,13H,6-9H2,(H,14,15);1-6H. The predicted molar refractivity (Wildman–Crippen MR) is 85.7 cm³/mol. The lowest BCUT2D eigenvalue weighted by Gasteiger charge is -2.09. The first-order chi connectivity index (χ1) is 10.4. The van der Waals surface area contributed by atoms with E-state index in [1.165, 1.54) is 0 Å². The lowest BCUT2D eigenvalue weighted by Crippen LogP contribution is -2.31. The summed E-state index contributed by atoms with van der Waals surface area (Å²) < 4.78 is 0. The summed E-state index contributed by atoms with van der Waals surface area (Å²) >= 11 is 0. The number of nitrogens with one attached hydrogen (secondary N) is 2. The maximum absolute atomic E-state index is 11.7. The van der Waals surface area contributed by atoms with Gasteiger partial charge in [0.1, 0.15) is 0 Å². The fraction of sp³-hybridized carbons (Fsp3) is 0.278. The third-order valence-corrected chi connectivity index (χ3v) is 3.41. The molecule has 1 unspecified atom stereocenters. The minimum absolute atomic E-state index is 0.161. The van der Waals surface area contributed by atoms with Crippen LogP contribution in [0.25, 0.3) is 0 Å². The highest BCUT2D eigenvalue weighted by Gasteiger charge is 2.21. The lowest BCUT2D eigenvalue weighted by molar-refractivity contribution is -0.124. The van der Waals surface area contributed by atoms with Crippen molar-refractivity contribution in [3.8, 4) is 0 Å². The maximum Gasteiger partial charge on any atom is 0.224 e. The number of carbonyl (C=O) groups excluding carboxylic acids is 1. The van der Waals surface area contributed by atoms with Crippen molar-refractivity contribution in [2.75, 3.05) is 13.1 Å². The molecule has 110 valence electrons. The van der Waals surface area contributed by atoms with Gasteiger partial charge in [0.15, 0.2) is 0 Å². The summed E-state index contributed by atoms with van der Waals surface area (Å²) in [5.74, 6) is 0.331. The molecule has 1 saturated heterocycles. The van der Waals surface area contributed by atoms with Crippen molar-refractivity contribution in [3.63, 3.8) is 0 Å². The molecule has 1 aliphatic rings. The van der Waals surface area contributed by atoms with Gasteiger partial charge in [0.05, 0.1) is 5.92 Å². The first-order valence-corrected chi connectivity index (χ1v) is 7.38. The van der Waals surface area contributed by atoms with Crippen molar-refractivity contribution < 1.29 is 4.79 Å². The summed E-state index contributed by atoms with van der Waals surface area (Å²) in [5, 5.41) is 6.15. The minimum atomic E-state index is 0.161. The molecular weight excluding hydrogens is 260 g/mol. The van der Waals surface area contributed by atoms with Crippen LogP contribution in [0.3, 0.4) is 0 Å².